The summed E-state index contributed by atoms with van der Waals surface area (Å²) in [5.74, 6) is -0.0717. The van der Waals surface area contributed by atoms with Gasteiger partial charge in [-0.25, -0.2) is 0 Å². The first-order valence-corrected chi connectivity index (χ1v) is 9.67. The number of morpholine rings is 1. The molecular weight excluding hydrogens is 306 g/mol. The van der Waals surface area contributed by atoms with E-state index in [1.807, 2.05) is 0 Å². The number of nitrogens with one attached hydrogen (secondary N) is 1. The smallest absolute Gasteiger partial charge is 0.280 e. The average molecular weight is 331 g/mol. The van der Waals surface area contributed by atoms with Gasteiger partial charge >= 0.3 is 0 Å². The molecule has 3 rings (SSSR count). The third kappa shape index (κ3) is 3.45. The van der Waals surface area contributed by atoms with Crippen LogP contribution < -0.4 is 4.72 Å². The fourth-order valence-corrected chi connectivity index (χ4v) is 5.28. The van der Waals surface area contributed by atoms with Gasteiger partial charge in [0.2, 0.25) is 5.91 Å². The Morgan fingerprint density at radius 2 is 1.68 bits per heavy atom. The third-order valence-electron chi connectivity index (χ3n) is 4.79. The van der Waals surface area contributed by atoms with Gasteiger partial charge in [-0.2, -0.15) is 17.4 Å². The Morgan fingerprint density at radius 1 is 1.00 bits per heavy atom. The molecule has 3 fully saturated rings. The number of hydrogen-bond donors (Lipinski definition) is 1. The molecule has 0 bridgehead atoms. The minimum absolute atomic E-state index is 0.0322. The van der Waals surface area contributed by atoms with Gasteiger partial charge in [-0.15, -0.1) is 0 Å². The maximum atomic E-state index is 12.6. The molecule has 2 aliphatic heterocycles. The second kappa shape index (κ2) is 6.82. The molecule has 8 heteroatoms. The highest BCUT2D eigenvalue weighted by molar-refractivity contribution is 7.87. The van der Waals surface area contributed by atoms with Crippen LogP contribution in [0, 0.1) is 0 Å². The molecule has 0 radical (unpaired) electrons. The Labute approximate surface area is 132 Å². The van der Waals surface area contributed by atoms with E-state index in [2.05, 4.69) is 4.72 Å². The van der Waals surface area contributed by atoms with E-state index in [1.165, 1.54) is 4.31 Å². The number of nitrogens with zero attached hydrogens (tertiary/aromatic N) is 2. The normalized spacial score (nSPS) is 28.4. The Kier molecular flexibility index (Phi) is 5.01. The lowest BCUT2D eigenvalue weighted by Gasteiger charge is -2.32. The summed E-state index contributed by atoms with van der Waals surface area (Å²) in [7, 11) is -3.57. The van der Waals surface area contributed by atoms with Crippen molar-refractivity contribution >= 4 is 16.1 Å². The van der Waals surface area contributed by atoms with Crippen LogP contribution in [0.5, 0.6) is 0 Å². The van der Waals surface area contributed by atoms with Crippen LogP contribution in [0.2, 0.25) is 0 Å². The average Bonchev–Trinajstić information content (AvgIpc) is 3.18. The molecule has 1 amide bonds. The second-order valence-corrected chi connectivity index (χ2v) is 7.97. The molecule has 2 saturated heterocycles. The molecule has 0 spiro atoms. The van der Waals surface area contributed by atoms with Gasteiger partial charge in [0.15, 0.2) is 0 Å². The van der Waals surface area contributed by atoms with Gasteiger partial charge in [-0.05, 0) is 25.7 Å². The SMILES string of the molecule is O=C(C1CCCN1S(=O)(=O)NC1CCCC1)N1CCOCC1. The van der Waals surface area contributed by atoms with Crippen LogP contribution in [-0.4, -0.2) is 68.5 Å². The Morgan fingerprint density at radius 3 is 2.36 bits per heavy atom. The van der Waals surface area contributed by atoms with Crippen LogP contribution in [0.25, 0.3) is 0 Å². The van der Waals surface area contributed by atoms with Crippen LogP contribution in [0.3, 0.4) is 0 Å². The summed E-state index contributed by atoms with van der Waals surface area (Å²) in [4.78, 5) is 14.4. The number of carbonyl (C=O) groups excluding carboxylic acids is 1. The number of ether oxygens (including phenoxy) is 1. The zero-order chi connectivity index (χ0) is 15.6. The summed E-state index contributed by atoms with van der Waals surface area (Å²) in [5.41, 5.74) is 0. The molecule has 0 aromatic rings. The fourth-order valence-electron chi connectivity index (χ4n) is 3.59. The monoisotopic (exact) mass is 331 g/mol. The quantitative estimate of drug-likeness (QED) is 0.792. The van der Waals surface area contributed by atoms with Crippen molar-refractivity contribution in [1.82, 2.24) is 13.9 Å². The van der Waals surface area contributed by atoms with Gasteiger partial charge in [-0.1, -0.05) is 12.8 Å². The van der Waals surface area contributed by atoms with Crippen molar-refractivity contribution in [2.45, 2.75) is 50.6 Å². The van der Waals surface area contributed by atoms with Crippen molar-refractivity contribution in [2.24, 2.45) is 0 Å². The standard InChI is InChI=1S/C14H25N3O4S/c18-14(16-8-10-21-11-9-16)13-6-3-7-17(13)22(19,20)15-12-4-1-2-5-12/h12-13,15H,1-11H2. The maximum Gasteiger partial charge on any atom is 0.280 e. The third-order valence-corrected chi connectivity index (χ3v) is 6.48. The molecule has 3 aliphatic rings. The first-order chi connectivity index (χ1) is 10.6. The van der Waals surface area contributed by atoms with Crippen LogP contribution >= 0.6 is 0 Å². The number of hydrogen-bond acceptors (Lipinski definition) is 4. The molecule has 1 unspecified atom stereocenters. The molecule has 1 N–H and O–H groups in total. The molecule has 1 atom stereocenters. The minimum atomic E-state index is -3.57. The minimum Gasteiger partial charge on any atom is -0.378 e. The maximum absolute atomic E-state index is 12.6. The van der Waals surface area contributed by atoms with Crippen molar-refractivity contribution in [1.29, 1.82) is 0 Å². The lowest BCUT2D eigenvalue weighted by Crippen LogP contribution is -2.54. The van der Waals surface area contributed by atoms with Crippen LogP contribution in [0.4, 0.5) is 0 Å². The highest BCUT2D eigenvalue weighted by atomic mass is 32.2. The summed E-state index contributed by atoms with van der Waals surface area (Å²) in [6.45, 7) is 2.61. The highest BCUT2D eigenvalue weighted by Gasteiger charge is 2.41. The van der Waals surface area contributed by atoms with Crippen molar-refractivity contribution < 1.29 is 17.9 Å². The lowest BCUT2D eigenvalue weighted by molar-refractivity contribution is -0.138. The number of rotatable bonds is 4. The van der Waals surface area contributed by atoms with E-state index in [4.69, 9.17) is 4.74 Å². The first kappa shape index (κ1) is 16.2. The van der Waals surface area contributed by atoms with Gasteiger partial charge < -0.3 is 9.64 Å². The fraction of sp³-hybridized carbons (Fsp3) is 0.929. The summed E-state index contributed by atoms with van der Waals surface area (Å²) >= 11 is 0. The lowest BCUT2D eigenvalue weighted by atomic mass is 10.2. The van der Waals surface area contributed by atoms with Crippen molar-refractivity contribution in [3.8, 4) is 0 Å². The van der Waals surface area contributed by atoms with Crippen molar-refractivity contribution in [3.63, 3.8) is 0 Å². The van der Waals surface area contributed by atoms with E-state index < -0.39 is 16.3 Å². The first-order valence-electron chi connectivity index (χ1n) is 8.23. The molecular formula is C14H25N3O4S. The van der Waals surface area contributed by atoms with Crippen LogP contribution in [0.15, 0.2) is 0 Å². The Bertz CT molecular complexity index is 498. The van der Waals surface area contributed by atoms with Crippen molar-refractivity contribution in [3.05, 3.63) is 0 Å². The molecule has 1 aliphatic carbocycles. The van der Waals surface area contributed by atoms with E-state index in [1.54, 1.807) is 4.90 Å². The van der Waals surface area contributed by atoms with Crippen LogP contribution in [-0.2, 0) is 19.7 Å². The van der Waals surface area contributed by atoms with E-state index >= 15 is 0 Å². The van der Waals surface area contributed by atoms with E-state index in [0.717, 1.165) is 32.1 Å². The summed E-state index contributed by atoms with van der Waals surface area (Å²) in [5, 5.41) is 0. The predicted molar refractivity (Wildman–Crippen MR) is 81.4 cm³/mol. The summed E-state index contributed by atoms with van der Waals surface area (Å²) < 4.78 is 34.6. The Balaban J connectivity index is 1.67. The highest BCUT2D eigenvalue weighted by Crippen LogP contribution is 2.25. The summed E-state index contributed by atoms with van der Waals surface area (Å²) in [6.07, 6.45) is 5.30. The number of amides is 1. The van der Waals surface area contributed by atoms with Gasteiger partial charge in [0.25, 0.3) is 10.2 Å². The molecule has 0 aromatic carbocycles. The Hall–Kier alpha value is -0.700. The molecule has 0 aromatic heterocycles. The number of carbonyl (C=O) groups is 1. The van der Waals surface area contributed by atoms with E-state index in [9.17, 15) is 13.2 Å². The molecule has 1 saturated carbocycles. The van der Waals surface area contributed by atoms with E-state index in [-0.39, 0.29) is 11.9 Å². The predicted octanol–water partition coefficient (Wildman–Crippen LogP) is 0.0866. The zero-order valence-corrected chi connectivity index (χ0v) is 13.7. The molecule has 2 heterocycles. The van der Waals surface area contributed by atoms with E-state index in [0.29, 0.717) is 39.3 Å². The largest absolute Gasteiger partial charge is 0.378 e. The molecule has 22 heavy (non-hydrogen) atoms. The zero-order valence-electron chi connectivity index (χ0n) is 12.9. The van der Waals surface area contributed by atoms with Gasteiger partial charge in [-0.3, -0.25) is 4.79 Å². The second-order valence-electron chi connectivity index (χ2n) is 6.31. The summed E-state index contributed by atoms with van der Waals surface area (Å²) in [6, 6.07) is -0.512. The van der Waals surface area contributed by atoms with Gasteiger partial charge in [0.05, 0.1) is 13.2 Å². The molecule has 126 valence electrons. The molecule has 7 nitrogen and oxygen atoms in total. The topological polar surface area (TPSA) is 79.0 Å². The van der Waals surface area contributed by atoms with Crippen molar-refractivity contribution in [2.75, 3.05) is 32.8 Å². The van der Waals surface area contributed by atoms with Gasteiger partial charge in [0.1, 0.15) is 6.04 Å². The van der Waals surface area contributed by atoms with Crippen LogP contribution in [0.1, 0.15) is 38.5 Å². The van der Waals surface area contributed by atoms with Gasteiger partial charge in [0, 0.05) is 25.7 Å².